The largest absolute Gasteiger partial charge is 0.493 e. The minimum atomic E-state index is -4.24. The van der Waals surface area contributed by atoms with Crippen LogP contribution >= 0.6 is 11.6 Å². The number of benzene rings is 9. The molecule has 0 spiro atoms. The van der Waals surface area contributed by atoms with Crippen LogP contribution in [0, 0.1) is 46.9 Å². The molecule has 0 radical (unpaired) electrons. The van der Waals surface area contributed by atoms with E-state index in [1.165, 1.54) is 68.7 Å². The van der Waals surface area contributed by atoms with E-state index in [1.807, 2.05) is 33.7 Å². The SMILES string of the molecule is CCS(=O)(=O)NC(=O)c1cc(C2CC2)c(OCC2CN(C(c3ccccc3)c3ccccc3)C2)cc1F.CS(=O)(=O)NC(=O)c1cc(C2CC2)c(OCC2CN(C(c3ccccc3)c3ccccc3)C2)cc1F.CS(=O)(=O)NC(=O)c1cc(C2CC2)c(OCC2CN(S(=O)(=O)c3ccccc3)C2)cc1F.CS(=O)(=O)NC(=O)c1cc(Cl)c(OCC2C[C@H]3CC[C@@H](C2)N3CC(F)(F)F)cc1F. The van der Waals surface area contributed by atoms with Gasteiger partial charge in [-0.3, -0.25) is 33.9 Å². The summed E-state index contributed by atoms with van der Waals surface area (Å²) >= 11 is 6.05. The molecule has 1 unspecified atom stereocenters. The van der Waals surface area contributed by atoms with Crippen LogP contribution in [0.4, 0.5) is 30.7 Å². The fraction of sp³-hybridized carbons (Fsp3) is 0.396. The second-order valence-electron chi connectivity index (χ2n) is 35.5. The summed E-state index contributed by atoms with van der Waals surface area (Å²) in [6.07, 6.45) is 6.17. The molecule has 135 heavy (non-hydrogen) atoms. The summed E-state index contributed by atoms with van der Waals surface area (Å²) in [5.74, 6) is -5.61. The van der Waals surface area contributed by atoms with Gasteiger partial charge in [0.25, 0.3) is 23.6 Å². The maximum Gasteiger partial charge on any atom is 0.401 e. The predicted octanol–water partition coefficient (Wildman–Crippen LogP) is 14.8. The van der Waals surface area contributed by atoms with E-state index in [9.17, 15) is 92.0 Å². The summed E-state index contributed by atoms with van der Waals surface area (Å²) in [5.41, 5.74) is 5.69. The van der Waals surface area contributed by atoms with Gasteiger partial charge in [-0.2, -0.15) is 17.5 Å². The van der Waals surface area contributed by atoms with E-state index in [0.29, 0.717) is 86.6 Å². The van der Waals surface area contributed by atoms with E-state index in [1.54, 1.807) is 39.8 Å². The smallest absolute Gasteiger partial charge is 0.401 e. The molecule has 17 rings (SSSR count). The van der Waals surface area contributed by atoms with Crippen LogP contribution in [0.5, 0.6) is 23.0 Å². The Hall–Kier alpha value is -10.6. The normalized spacial score (nSPS) is 18.5. The number of piperidine rings is 1. The Kier molecular flexibility index (Phi) is 31.7. The Balaban J connectivity index is 0.000000145. The van der Waals surface area contributed by atoms with Crippen LogP contribution in [0.25, 0.3) is 0 Å². The molecule has 3 saturated carbocycles. The number of alkyl halides is 3. The lowest BCUT2D eigenvalue weighted by Crippen LogP contribution is -2.51. The van der Waals surface area contributed by atoms with Crippen molar-refractivity contribution >= 4 is 85.3 Å². The number of hydrogen-bond acceptors (Lipinski definition) is 21. The molecule has 9 aromatic rings. The number of halogens is 8. The van der Waals surface area contributed by atoms with E-state index in [4.69, 9.17) is 30.5 Å². The van der Waals surface area contributed by atoms with Crippen molar-refractivity contribution in [1.82, 2.24) is 37.9 Å². The summed E-state index contributed by atoms with van der Waals surface area (Å²) < 4.78 is 245. The summed E-state index contributed by atoms with van der Waals surface area (Å²) in [4.78, 5) is 55.2. The first-order valence-corrected chi connectivity index (χ1v) is 53.3. The van der Waals surface area contributed by atoms with Gasteiger partial charge in [-0.1, -0.05) is 151 Å². The van der Waals surface area contributed by atoms with E-state index >= 15 is 0 Å². The van der Waals surface area contributed by atoms with Gasteiger partial charge in [0.15, 0.2) is 0 Å². The van der Waals surface area contributed by atoms with E-state index in [-0.39, 0.29) is 105 Å². The second kappa shape index (κ2) is 42.6. The Morgan fingerprint density at radius 2 is 0.681 bits per heavy atom. The Morgan fingerprint density at radius 3 is 0.993 bits per heavy atom. The molecule has 8 fully saturated rings. The highest BCUT2D eigenvalue weighted by Crippen LogP contribution is 2.50. The Morgan fingerprint density at radius 1 is 0.393 bits per heavy atom. The third kappa shape index (κ3) is 27.1. The van der Waals surface area contributed by atoms with Gasteiger partial charge >= 0.3 is 6.18 Å². The lowest BCUT2D eigenvalue weighted by Gasteiger charge is -2.44. The number of nitrogens with zero attached hydrogens (tertiary/aromatic N) is 4. The van der Waals surface area contributed by atoms with E-state index in [0.717, 1.165) is 113 Å². The number of sulfonamides is 5. The maximum atomic E-state index is 14.9. The predicted molar refractivity (Wildman–Crippen MR) is 493 cm³/mol. The van der Waals surface area contributed by atoms with Crippen LogP contribution in [-0.4, -0.2) is 200 Å². The number of carbonyl (C=O) groups is 4. The molecule has 722 valence electrons. The minimum absolute atomic E-state index is 0.000629. The van der Waals surface area contributed by atoms with Crippen molar-refractivity contribution in [1.29, 1.82) is 0 Å². The third-order valence-electron chi connectivity index (χ3n) is 24.5. The van der Waals surface area contributed by atoms with Crippen molar-refractivity contribution in [3.05, 3.63) is 290 Å². The molecule has 5 aliphatic heterocycles. The van der Waals surface area contributed by atoms with Crippen LogP contribution in [0.3, 0.4) is 0 Å². The first kappa shape index (κ1) is 100. The Bertz CT molecular complexity index is 6300. The number of rotatable bonds is 33. The van der Waals surface area contributed by atoms with Crippen molar-refractivity contribution in [3.8, 4) is 23.0 Å². The fourth-order valence-corrected chi connectivity index (χ4v) is 21.2. The molecule has 5 heterocycles. The molecule has 39 heteroatoms. The number of fused-ring (bicyclic) bond motifs is 2. The van der Waals surface area contributed by atoms with Crippen LogP contribution in [-0.2, 0) is 50.1 Å². The fourth-order valence-electron chi connectivity index (χ4n) is 17.5. The highest BCUT2D eigenvalue weighted by Gasteiger charge is 2.47. The molecular weight excluding hydrogens is 1880 g/mol. The molecular formula is C96H104ClF7N8O18S5. The zero-order chi connectivity index (χ0) is 96.6. The zero-order valence-corrected chi connectivity index (χ0v) is 79.0. The van der Waals surface area contributed by atoms with Crippen molar-refractivity contribution in [2.24, 2.45) is 23.7 Å². The van der Waals surface area contributed by atoms with Gasteiger partial charge in [0.05, 0.1) is 102 Å². The topological polar surface area (TPSA) is 337 Å². The van der Waals surface area contributed by atoms with Gasteiger partial charge in [-0.05, 0) is 170 Å². The third-order valence-corrected chi connectivity index (χ3v) is 29.6. The Labute approximate surface area is 786 Å². The average Bonchev–Trinajstić information content (AvgIpc) is 1.77. The van der Waals surface area contributed by atoms with Gasteiger partial charge < -0.3 is 18.9 Å². The quantitative estimate of drug-likeness (QED) is 0.0278. The highest BCUT2D eigenvalue weighted by atomic mass is 35.5. The maximum absolute atomic E-state index is 14.9. The zero-order valence-electron chi connectivity index (χ0n) is 74.2. The number of ether oxygens (including phenoxy) is 4. The van der Waals surface area contributed by atoms with Gasteiger partial charge in [0.1, 0.15) is 46.3 Å². The summed E-state index contributed by atoms with van der Waals surface area (Å²) in [6.45, 7) is 5.76. The number of likely N-dealkylation sites (tertiary alicyclic amines) is 2. The van der Waals surface area contributed by atoms with Crippen LogP contribution in [0.1, 0.15) is 181 Å². The van der Waals surface area contributed by atoms with Crippen LogP contribution in [0.2, 0.25) is 5.02 Å². The standard InChI is InChI=1S/C29H31FN2O4S.C28H29FN2O4S.C21H23FN2O6S2.C18H21ClF4N2O4S/c1-2-37(34,35)31-29(33)25-15-24(21-13-14-21)27(16-26(25)30)36-19-20-17-32(18-20)28(22-9-5-3-6-10-22)23-11-7-4-8-12-23;1-36(33,34)30-28(32)24-14-23(20-12-13-20)26(15-25(24)29)35-18-19-16-31(17-19)27(21-8-4-2-5-9-21)22-10-6-3-7-11-22;1-31(26,27)23-21(25)18-9-17(15-7-8-15)20(10-19(18)22)30-13-14-11-24(12-14)32(28,29)16-5-3-2-4-6-16;1-30(27,28)24-17(26)13-6-14(19)16(7-15(13)20)29-8-10-4-11-2-3-12(5-10)25(11)9-18(21,22)23/h3-12,15-16,20-21,28H,2,13-14,17-19H2,1H3,(H,31,33);2-11,14-15,19-20,27H,12-13,16-18H2,1H3,(H,30,32);2-6,9-10,14-15H,7-8,11-13H2,1H3,(H,23,25);6-7,10-12H,2-5,8-9H2,1H3,(H,24,26)/t;;;10?,11-,12+. The molecule has 0 aromatic heterocycles. The lowest BCUT2D eigenvalue weighted by atomic mass is 9.90. The van der Waals surface area contributed by atoms with Gasteiger partial charge in [0, 0.05) is 93.4 Å². The average molecular weight is 1990 g/mol. The first-order chi connectivity index (χ1) is 64.0. The molecule has 3 aliphatic carbocycles. The molecule has 2 bridgehead atoms. The molecule has 4 N–H and O–H groups in total. The number of hydrogen-bond donors (Lipinski definition) is 4. The van der Waals surface area contributed by atoms with E-state index < -0.39 is 115 Å². The molecule has 8 aliphatic rings. The molecule has 3 atom stereocenters. The van der Waals surface area contributed by atoms with Crippen LogP contribution in [0.15, 0.2) is 205 Å². The monoisotopic (exact) mass is 1980 g/mol. The highest BCUT2D eigenvalue weighted by molar-refractivity contribution is 7.90. The van der Waals surface area contributed by atoms with E-state index in [2.05, 4.69) is 107 Å². The molecule has 26 nitrogen and oxygen atoms in total. The number of carbonyl (C=O) groups excluding carboxylic acids is 4. The van der Waals surface area contributed by atoms with Crippen LogP contribution < -0.4 is 37.8 Å². The summed E-state index contributed by atoms with van der Waals surface area (Å²) in [7, 11) is -18.8. The molecule has 5 saturated heterocycles. The number of nitrogens with one attached hydrogen (secondary N) is 4. The first-order valence-electron chi connectivity index (χ1n) is 44.2. The van der Waals surface area contributed by atoms with Gasteiger partial charge in [0.2, 0.25) is 50.1 Å². The molecule has 9 aromatic carbocycles. The lowest BCUT2D eigenvalue weighted by molar-refractivity contribution is -0.157. The van der Waals surface area contributed by atoms with Gasteiger partial charge in [-0.25, -0.2) is 78.5 Å². The van der Waals surface area contributed by atoms with Crippen molar-refractivity contribution in [2.75, 3.05) is 96.8 Å². The summed E-state index contributed by atoms with van der Waals surface area (Å²) in [6, 6.07) is 59.5. The minimum Gasteiger partial charge on any atom is -0.493 e. The summed E-state index contributed by atoms with van der Waals surface area (Å²) in [5, 5.41) is -0.0764. The molecule has 4 amide bonds. The van der Waals surface area contributed by atoms with Crippen molar-refractivity contribution in [2.45, 2.75) is 124 Å². The van der Waals surface area contributed by atoms with Crippen molar-refractivity contribution < 1.29 is 111 Å². The second-order valence-corrected chi connectivity index (χ2v) is 45.1. The van der Waals surface area contributed by atoms with Gasteiger partial charge in [-0.15, -0.1) is 0 Å². The van der Waals surface area contributed by atoms with Crippen molar-refractivity contribution in [3.63, 3.8) is 0 Å². The number of amides is 4.